The Labute approximate surface area is 216 Å². The summed E-state index contributed by atoms with van der Waals surface area (Å²) in [4.78, 5) is 35.5. The third kappa shape index (κ3) is 5.58. The van der Waals surface area contributed by atoms with E-state index in [1.807, 2.05) is 0 Å². The molecule has 1 saturated heterocycles. The average Bonchev–Trinajstić information content (AvgIpc) is 3.36. The number of benzene rings is 1. The number of alkyl halides is 3. The van der Waals surface area contributed by atoms with Crippen LogP contribution in [0, 0.1) is 5.92 Å². The predicted molar refractivity (Wildman–Crippen MR) is 130 cm³/mol. The first-order valence-corrected chi connectivity index (χ1v) is 12.0. The van der Waals surface area contributed by atoms with E-state index in [0.717, 1.165) is 6.07 Å². The Kier molecular flexibility index (Phi) is 7.88. The molecule has 0 bridgehead atoms. The number of morpholine rings is 1. The largest absolute Gasteiger partial charge is 0.494 e. The van der Waals surface area contributed by atoms with Crippen LogP contribution >= 0.6 is 0 Å². The highest BCUT2D eigenvalue weighted by atomic mass is 19.4. The maximum Gasteiger partial charge on any atom is 0.433 e. The molecule has 0 spiro atoms. The summed E-state index contributed by atoms with van der Waals surface area (Å²) in [7, 11) is 1.32. The lowest BCUT2D eigenvalue weighted by molar-refractivity contribution is -0.141. The van der Waals surface area contributed by atoms with E-state index in [1.165, 1.54) is 19.2 Å². The Balaban J connectivity index is 1.62. The highest BCUT2D eigenvalue weighted by Crippen LogP contribution is 2.37. The van der Waals surface area contributed by atoms with Crippen molar-refractivity contribution in [3.8, 4) is 17.2 Å². The van der Waals surface area contributed by atoms with Crippen molar-refractivity contribution in [1.29, 1.82) is 0 Å². The average molecular weight is 536 g/mol. The summed E-state index contributed by atoms with van der Waals surface area (Å²) in [5.41, 5.74) is 5.13. The molecular weight excluding hydrogens is 507 g/mol. The molecule has 4 rings (SSSR count). The van der Waals surface area contributed by atoms with Crippen LogP contribution in [0.3, 0.4) is 0 Å². The third-order valence-corrected chi connectivity index (χ3v) is 6.16. The molecule has 10 nitrogen and oxygen atoms in total. The van der Waals surface area contributed by atoms with Crippen LogP contribution in [-0.4, -0.2) is 66.6 Å². The van der Waals surface area contributed by atoms with E-state index in [2.05, 4.69) is 15.3 Å². The zero-order valence-electron chi connectivity index (χ0n) is 21.1. The van der Waals surface area contributed by atoms with Gasteiger partial charge in [0.25, 0.3) is 5.91 Å². The van der Waals surface area contributed by atoms with E-state index >= 15 is 0 Å². The van der Waals surface area contributed by atoms with Crippen molar-refractivity contribution in [2.24, 2.45) is 11.7 Å². The Bertz CT molecular complexity index is 1330. The van der Waals surface area contributed by atoms with Crippen LogP contribution in [0.1, 0.15) is 41.8 Å². The quantitative estimate of drug-likeness (QED) is 0.472. The van der Waals surface area contributed by atoms with Crippen molar-refractivity contribution in [3.63, 3.8) is 0 Å². The minimum atomic E-state index is -4.65. The molecule has 13 heteroatoms. The molecule has 1 aromatic carbocycles. The van der Waals surface area contributed by atoms with Crippen LogP contribution in [0.4, 0.5) is 13.2 Å². The van der Waals surface area contributed by atoms with Crippen LogP contribution < -0.4 is 15.8 Å². The van der Waals surface area contributed by atoms with Crippen molar-refractivity contribution >= 4 is 22.7 Å². The second kappa shape index (κ2) is 11.0. The number of hydrogen-bond acceptors (Lipinski definition) is 8. The maximum atomic E-state index is 13.3. The summed E-state index contributed by atoms with van der Waals surface area (Å²) < 4.78 is 56.1. The summed E-state index contributed by atoms with van der Waals surface area (Å²) >= 11 is 0. The molecule has 204 valence electrons. The predicted octanol–water partition coefficient (Wildman–Crippen LogP) is 3.16. The molecule has 0 radical (unpaired) electrons. The van der Waals surface area contributed by atoms with Gasteiger partial charge in [0, 0.05) is 30.6 Å². The van der Waals surface area contributed by atoms with Crippen LogP contribution in [0.5, 0.6) is 5.75 Å². The zero-order valence-corrected chi connectivity index (χ0v) is 21.1. The van der Waals surface area contributed by atoms with E-state index in [9.17, 15) is 22.8 Å². The fourth-order valence-corrected chi connectivity index (χ4v) is 4.13. The lowest BCUT2D eigenvalue weighted by Crippen LogP contribution is -2.45. The van der Waals surface area contributed by atoms with Gasteiger partial charge in [0.1, 0.15) is 17.0 Å². The fourth-order valence-electron chi connectivity index (χ4n) is 4.13. The molecular formula is C25H28F3N5O5. The van der Waals surface area contributed by atoms with Gasteiger partial charge in [0.2, 0.25) is 11.8 Å². The number of aromatic nitrogens is 2. The Morgan fingerprint density at radius 2 is 1.87 bits per heavy atom. The number of ether oxygens (including phenoxy) is 2. The molecule has 3 N–H and O–H groups in total. The number of nitrogens with one attached hydrogen (secondary N) is 1. The van der Waals surface area contributed by atoms with Crippen molar-refractivity contribution < 1.29 is 36.7 Å². The first-order valence-electron chi connectivity index (χ1n) is 12.0. The van der Waals surface area contributed by atoms with Crippen LogP contribution in [0.25, 0.3) is 22.4 Å². The molecule has 1 aliphatic rings. The second-order valence-corrected chi connectivity index (χ2v) is 8.98. The summed E-state index contributed by atoms with van der Waals surface area (Å²) in [5.74, 6) is -0.976. The normalized spacial score (nSPS) is 15.8. The standard InChI is InChI=1S/C25H28F3N5O5/c1-13(24(35)33-8-10-37-11-9-33)12-30-22(34)20-21(14(2)29)38-23(32-20)16-4-6-17(36-3)19-15(16)5-7-18(31-19)25(26,27)28/h4-7,13-14H,8-12,29H2,1-3H3,(H,30,34)/t13-,14-/m0/s1. The van der Waals surface area contributed by atoms with Gasteiger partial charge in [-0.3, -0.25) is 9.59 Å². The molecule has 3 heterocycles. The number of oxazole rings is 1. The minimum Gasteiger partial charge on any atom is -0.494 e. The lowest BCUT2D eigenvalue weighted by Gasteiger charge is -2.29. The van der Waals surface area contributed by atoms with Crippen molar-refractivity contribution in [2.75, 3.05) is 40.0 Å². The molecule has 0 unspecified atom stereocenters. The first kappa shape index (κ1) is 27.3. The number of nitrogens with zero attached hydrogens (tertiary/aromatic N) is 3. The molecule has 0 aliphatic carbocycles. The van der Waals surface area contributed by atoms with Gasteiger partial charge in [0.05, 0.1) is 32.3 Å². The molecule has 1 fully saturated rings. The lowest BCUT2D eigenvalue weighted by atomic mass is 10.1. The zero-order chi connectivity index (χ0) is 27.6. The summed E-state index contributed by atoms with van der Waals surface area (Å²) in [5, 5.41) is 2.99. The summed E-state index contributed by atoms with van der Waals surface area (Å²) in [6.07, 6.45) is -4.65. The van der Waals surface area contributed by atoms with Crippen LogP contribution in [-0.2, 0) is 15.7 Å². The van der Waals surface area contributed by atoms with Crippen molar-refractivity contribution in [3.05, 3.63) is 41.4 Å². The van der Waals surface area contributed by atoms with Gasteiger partial charge in [-0.05, 0) is 31.2 Å². The van der Waals surface area contributed by atoms with Crippen molar-refractivity contribution in [1.82, 2.24) is 20.2 Å². The number of halogens is 3. The van der Waals surface area contributed by atoms with Crippen molar-refractivity contribution in [2.45, 2.75) is 26.1 Å². The Morgan fingerprint density at radius 3 is 2.50 bits per heavy atom. The smallest absolute Gasteiger partial charge is 0.433 e. The SMILES string of the molecule is COc1ccc(-c2nc(C(=O)NC[C@H](C)C(=O)N3CCOCC3)c([C@H](C)N)o2)c2ccc(C(F)(F)F)nc12. The number of amides is 2. The molecule has 0 saturated carbocycles. The van der Waals surface area contributed by atoms with Crippen LogP contribution in [0.15, 0.2) is 28.7 Å². The van der Waals surface area contributed by atoms with E-state index in [4.69, 9.17) is 19.6 Å². The molecule has 3 aromatic rings. The number of carbonyl (C=O) groups is 2. The van der Waals surface area contributed by atoms with Gasteiger partial charge in [-0.1, -0.05) is 6.92 Å². The summed E-state index contributed by atoms with van der Waals surface area (Å²) in [6.45, 7) is 5.31. The van der Waals surface area contributed by atoms with Gasteiger partial charge in [-0.25, -0.2) is 9.97 Å². The molecule has 1 aliphatic heterocycles. The van der Waals surface area contributed by atoms with Gasteiger partial charge < -0.3 is 29.8 Å². The topological polar surface area (TPSA) is 133 Å². The second-order valence-electron chi connectivity index (χ2n) is 8.98. The minimum absolute atomic E-state index is 0.0193. The number of carbonyl (C=O) groups excluding carboxylic acids is 2. The molecule has 2 aromatic heterocycles. The number of fused-ring (bicyclic) bond motifs is 1. The van der Waals surface area contributed by atoms with Crippen LogP contribution in [0.2, 0.25) is 0 Å². The molecule has 2 amide bonds. The maximum absolute atomic E-state index is 13.3. The van der Waals surface area contributed by atoms with Gasteiger partial charge in [-0.2, -0.15) is 13.2 Å². The Morgan fingerprint density at radius 1 is 1.16 bits per heavy atom. The third-order valence-electron chi connectivity index (χ3n) is 6.16. The molecule has 2 atom stereocenters. The number of pyridine rings is 1. The number of rotatable bonds is 7. The number of methoxy groups -OCH3 is 1. The van der Waals surface area contributed by atoms with E-state index in [1.54, 1.807) is 24.8 Å². The van der Waals surface area contributed by atoms with Gasteiger partial charge >= 0.3 is 6.18 Å². The van der Waals surface area contributed by atoms with Gasteiger partial charge in [0.15, 0.2) is 11.5 Å². The Hall–Kier alpha value is -3.71. The highest BCUT2D eigenvalue weighted by molar-refractivity contribution is 5.98. The monoisotopic (exact) mass is 535 g/mol. The first-order chi connectivity index (χ1) is 18.0. The highest BCUT2D eigenvalue weighted by Gasteiger charge is 2.33. The molecule has 38 heavy (non-hydrogen) atoms. The fraction of sp³-hybridized carbons (Fsp3) is 0.440. The van der Waals surface area contributed by atoms with E-state index in [0.29, 0.717) is 31.9 Å². The van der Waals surface area contributed by atoms with E-state index in [-0.39, 0.29) is 46.4 Å². The number of hydrogen-bond donors (Lipinski definition) is 2. The van der Waals surface area contributed by atoms with Gasteiger partial charge in [-0.15, -0.1) is 0 Å². The van der Waals surface area contributed by atoms with E-state index < -0.39 is 29.7 Å². The number of nitrogens with two attached hydrogens (primary N) is 1. The summed E-state index contributed by atoms with van der Waals surface area (Å²) in [6, 6.07) is 4.37.